The smallest absolute Gasteiger partial charge is 0.274 e. The number of carbonyl (C=O) groups is 2. The highest BCUT2D eigenvalue weighted by Crippen LogP contribution is 2.30. The lowest BCUT2D eigenvalue weighted by molar-refractivity contribution is -0.117. The first-order valence-corrected chi connectivity index (χ1v) is 14.4. The quantitative estimate of drug-likeness (QED) is 0.277. The van der Waals surface area contributed by atoms with E-state index < -0.39 is 0 Å². The van der Waals surface area contributed by atoms with Crippen molar-refractivity contribution in [3.8, 4) is 11.3 Å². The summed E-state index contributed by atoms with van der Waals surface area (Å²) in [5, 5.41) is 7.05. The van der Waals surface area contributed by atoms with Crippen LogP contribution in [0.25, 0.3) is 22.2 Å². The number of pyridine rings is 2. The van der Waals surface area contributed by atoms with Crippen molar-refractivity contribution in [2.75, 3.05) is 49.6 Å². The van der Waals surface area contributed by atoms with Crippen molar-refractivity contribution in [1.29, 1.82) is 0 Å². The van der Waals surface area contributed by atoms with E-state index in [1.165, 1.54) is 6.08 Å². The monoisotopic (exact) mass is 565 g/mol. The molecule has 10 nitrogen and oxygen atoms in total. The van der Waals surface area contributed by atoms with Gasteiger partial charge in [0.05, 0.1) is 18.7 Å². The number of nitrogens with one attached hydrogen (secondary N) is 3. The number of aromatic amines is 1. The molecule has 2 fully saturated rings. The van der Waals surface area contributed by atoms with Crippen LogP contribution in [-0.2, 0) is 16.1 Å². The number of aromatic nitrogens is 3. The second-order valence-electron chi connectivity index (χ2n) is 10.7. The summed E-state index contributed by atoms with van der Waals surface area (Å²) in [5.74, 6) is 0.567. The Balaban J connectivity index is 1.10. The third-order valence-corrected chi connectivity index (χ3v) is 7.79. The van der Waals surface area contributed by atoms with Crippen molar-refractivity contribution >= 4 is 34.2 Å². The van der Waals surface area contributed by atoms with Crippen molar-refractivity contribution in [3.63, 3.8) is 0 Å². The van der Waals surface area contributed by atoms with Gasteiger partial charge in [0.15, 0.2) is 0 Å². The SMILES string of the molecule is C=CC(=O)N[C@@H]1CCCN(Cc2ccnc(C(=O)Nc3ccc(-c4cc5c(N6CCOCC6)nccc5[nH]4)cc3)c2)C1. The zero-order chi connectivity index (χ0) is 28.9. The van der Waals surface area contributed by atoms with Gasteiger partial charge in [0.2, 0.25) is 5.91 Å². The number of morpholine rings is 1. The van der Waals surface area contributed by atoms with E-state index >= 15 is 0 Å². The van der Waals surface area contributed by atoms with E-state index in [0.717, 1.165) is 72.6 Å². The zero-order valence-electron chi connectivity index (χ0n) is 23.5. The average molecular weight is 566 g/mol. The van der Waals surface area contributed by atoms with Gasteiger partial charge in [-0.1, -0.05) is 18.7 Å². The van der Waals surface area contributed by atoms with Gasteiger partial charge in [-0.15, -0.1) is 0 Å². The van der Waals surface area contributed by atoms with Gasteiger partial charge in [0.1, 0.15) is 11.5 Å². The highest BCUT2D eigenvalue weighted by atomic mass is 16.5. The van der Waals surface area contributed by atoms with Crippen LogP contribution in [0, 0.1) is 0 Å². The molecule has 3 N–H and O–H groups in total. The van der Waals surface area contributed by atoms with Crippen LogP contribution in [0.1, 0.15) is 28.9 Å². The Morgan fingerprint density at radius 3 is 2.67 bits per heavy atom. The average Bonchev–Trinajstić information content (AvgIpc) is 3.47. The third-order valence-electron chi connectivity index (χ3n) is 7.79. The fraction of sp³-hybridized carbons (Fsp3) is 0.312. The molecular weight excluding hydrogens is 530 g/mol. The number of anilines is 2. The second kappa shape index (κ2) is 12.5. The maximum Gasteiger partial charge on any atom is 0.274 e. The van der Waals surface area contributed by atoms with Crippen LogP contribution < -0.4 is 15.5 Å². The highest BCUT2D eigenvalue weighted by molar-refractivity contribution is 6.03. The van der Waals surface area contributed by atoms with Crippen LogP contribution in [0.3, 0.4) is 0 Å². The molecule has 1 aromatic carbocycles. The molecule has 5 heterocycles. The lowest BCUT2D eigenvalue weighted by Crippen LogP contribution is -2.46. The first kappa shape index (κ1) is 27.6. The molecule has 0 saturated carbocycles. The number of piperidine rings is 1. The van der Waals surface area contributed by atoms with E-state index in [0.29, 0.717) is 31.1 Å². The predicted octanol–water partition coefficient (Wildman–Crippen LogP) is 3.98. The number of likely N-dealkylation sites (tertiary alicyclic amines) is 1. The van der Waals surface area contributed by atoms with Gasteiger partial charge in [-0.05, 0) is 73.0 Å². The number of carbonyl (C=O) groups excluding carboxylic acids is 2. The van der Waals surface area contributed by atoms with Crippen molar-refractivity contribution in [1.82, 2.24) is 25.2 Å². The molecular formula is C32H35N7O3. The van der Waals surface area contributed by atoms with Crippen molar-refractivity contribution in [2.45, 2.75) is 25.4 Å². The van der Waals surface area contributed by atoms with Crippen molar-refractivity contribution < 1.29 is 14.3 Å². The maximum atomic E-state index is 13.1. The van der Waals surface area contributed by atoms with E-state index in [-0.39, 0.29) is 17.9 Å². The van der Waals surface area contributed by atoms with Crippen LogP contribution in [0.15, 0.2) is 73.6 Å². The number of hydrogen-bond acceptors (Lipinski definition) is 7. The molecule has 6 rings (SSSR count). The molecule has 2 amide bonds. The molecule has 0 bridgehead atoms. The van der Waals surface area contributed by atoms with E-state index in [1.54, 1.807) is 6.20 Å². The number of fused-ring (bicyclic) bond motifs is 1. The lowest BCUT2D eigenvalue weighted by Gasteiger charge is -2.33. The molecule has 4 aromatic rings. The van der Waals surface area contributed by atoms with Crippen LogP contribution in [0.2, 0.25) is 0 Å². The molecule has 216 valence electrons. The van der Waals surface area contributed by atoms with Gasteiger partial charge in [0.25, 0.3) is 5.91 Å². The summed E-state index contributed by atoms with van der Waals surface area (Å²) in [4.78, 5) is 41.8. The normalized spacial score (nSPS) is 17.6. The summed E-state index contributed by atoms with van der Waals surface area (Å²) in [7, 11) is 0. The number of rotatable bonds is 8. The first-order valence-electron chi connectivity index (χ1n) is 14.4. The number of amides is 2. The topological polar surface area (TPSA) is 115 Å². The Morgan fingerprint density at radius 2 is 1.86 bits per heavy atom. The van der Waals surface area contributed by atoms with Crippen LogP contribution in [-0.4, -0.2) is 77.1 Å². The van der Waals surface area contributed by atoms with E-state index in [9.17, 15) is 9.59 Å². The van der Waals surface area contributed by atoms with E-state index in [2.05, 4.69) is 48.0 Å². The minimum absolute atomic E-state index is 0.102. The summed E-state index contributed by atoms with van der Waals surface area (Å²) >= 11 is 0. The number of hydrogen-bond donors (Lipinski definition) is 3. The summed E-state index contributed by atoms with van der Waals surface area (Å²) in [6, 6.07) is 15.8. The number of ether oxygens (including phenoxy) is 1. The van der Waals surface area contributed by atoms with Crippen LogP contribution in [0.4, 0.5) is 11.5 Å². The Morgan fingerprint density at radius 1 is 1.05 bits per heavy atom. The molecule has 10 heteroatoms. The van der Waals surface area contributed by atoms with Crippen molar-refractivity contribution in [2.24, 2.45) is 0 Å². The Labute approximate surface area is 244 Å². The second-order valence-corrected chi connectivity index (χ2v) is 10.7. The molecule has 2 aliphatic rings. The lowest BCUT2D eigenvalue weighted by atomic mass is 10.0. The van der Waals surface area contributed by atoms with E-state index in [4.69, 9.17) is 4.74 Å². The Hall–Kier alpha value is -4.54. The fourth-order valence-electron chi connectivity index (χ4n) is 5.68. The number of benzene rings is 1. The Kier molecular flexibility index (Phi) is 8.25. The third kappa shape index (κ3) is 6.35. The van der Waals surface area contributed by atoms with Gasteiger partial charge in [0, 0.05) is 61.4 Å². The summed E-state index contributed by atoms with van der Waals surface area (Å²) in [6.45, 7) is 8.99. The molecule has 3 aromatic heterocycles. The van der Waals surface area contributed by atoms with Gasteiger partial charge < -0.3 is 25.3 Å². The minimum atomic E-state index is -0.258. The predicted molar refractivity (Wildman–Crippen MR) is 163 cm³/mol. The molecule has 42 heavy (non-hydrogen) atoms. The molecule has 0 unspecified atom stereocenters. The zero-order valence-corrected chi connectivity index (χ0v) is 23.5. The largest absolute Gasteiger partial charge is 0.378 e. The first-order chi connectivity index (χ1) is 20.6. The molecule has 2 saturated heterocycles. The molecule has 0 spiro atoms. The van der Waals surface area contributed by atoms with Gasteiger partial charge in [-0.25, -0.2) is 4.98 Å². The van der Waals surface area contributed by atoms with Crippen LogP contribution >= 0.6 is 0 Å². The van der Waals surface area contributed by atoms with Crippen molar-refractivity contribution in [3.05, 3.63) is 84.8 Å². The molecule has 1 atom stereocenters. The summed E-state index contributed by atoms with van der Waals surface area (Å²) in [5.41, 5.74) is 5.10. The maximum absolute atomic E-state index is 13.1. The minimum Gasteiger partial charge on any atom is -0.378 e. The fourth-order valence-corrected chi connectivity index (χ4v) is 5.68. The van der Waals surface area contributed by atoms with Gasteiger partial charge in [-0.2, -0.15) is 0 Å². The standard InChI is InChI=1S/C32H35N7O3/c1-2-30(40)35-25-4-3-13-38(21-25)20-22-9-11-33-29(18-22)32(41)36-24-7-5-23(6-8-24)28-19-26-27(37-28)10-12-34-31(26)39-14-16-42-17-15-39/h2,5-12,18-19,25,37H,1,3-4,13-17,20-21H2,(H,35,40)(H,36,41)/t25-/m1/s1. The van der Waals surface area contributed by atoms with E-state index in [1.807, 2.05) is 48.7 Å². The molecule has 0 radical (unpaired) electrons. The Bertz CT molecular complexity index is 1580. The van der Waals surface area contributed by atoms with Crippen LogP contribution in [0.5, 0.6) is 0 Å². The number of H-pyrrole nitrogens is 1. The van der Waals surface area contributed by atoms with Gasteiger partial charge >= 0.3 is 0 Å². The summed E-state index contributed by atoms with van der Waals surface area (Å²) < 4.78 is 5.50. The molecule has 0 aliphatic carbocycles. The number of nitrogens with zero attached hydrogens (tertiary/aromatic N) is 4. The highest BCUT2D eigenvalue weighted by Gasteiger charge is 2.21. The molecule has 2 aliphatic heterocycles. The van der Waals surface area contributed by atoms with Gasteiger partial charge in [-0.3, -0.25) is 19.5 Å². The summed E-state index contributed by atoms with van der Waals surface area (Å²) in [6.07, 6.45) is 6.77.